The summed E-state index contributed by atoms with van der Waals surface area (Å²) in [4.78, 5) is 19.2. The monoisotopic (exact) mass is 306 g/mol. The van der Waals surface area contributed by atoms with Crippen LogP contribution in [0, 0.1) is 0 Å². The lowest BCUT2D eigenvalue weighted by molar-refractivity contribution is -0.150. The van der Waals surface area contributed by atoms with Crippen LogP contribution in [0.1, 0.15) is 31.9 Å². The zero-order valence-corrected chi connectivity index (χ0v) is 12.7. The molecule has 2 aromatic rings. The van der Waals surface area contributed by atoms with Gasteiger partial charge in [0.15, 0.2) is 0 Å². The second kappa shape index (κ2) is 5.61. The van der Waals surface area contributed by atoms with Crippen molar-refractivity contribution < 1.29 is 14.3 Å². The Kier molecular flexibility index (Phi) is 3.82. The van der Waals surface area contributed by atoms with E-state index in [1.807, 2.05) is 29.3 Å². The molecule has 0 aromatic carbocycles. The largest absolute Gasteiger partial charge is 0.480 e. The van der Waals surface area contributed by atoms with Crippen molar-refractivity contribution in [3.05, 3.63) is 29.5 Å². The van der Waals surface area contributed by atoms with Gasteiger partial charge in [-0.25, -0.2) is 4.98 Å². The average molecular weight is 306 g/mol. The van der Waals surface area contributed by atoms with Gasteiger partial charge in [0.1, 0.15) is 11.8 Å². The van der Waals surface area contributed by atoms with Crippen molar-refractivity contribution in [2.75, 3.05) is 6.54 Å². The van der Waals surface area contributed by atoms with E-state index in [-0.39, 0.29) is 0 Å². The molecule has 21 heavy (non-hydrogen) atoms. The number of thiophene rings is 1. The number of nitrogens with zero attached hydrogens (tertiary/aromatic N) is 2. The molecular formula is C15H18N2O3S. The standard InChI is InChI=1S/C15H18N2O3S/c1-2-15(14(18)19)6-4-7-17(15)9-11-10-20-13(16-11)12-5-3-8-21-12/h3,5,8,10H,2,4,6-7,9H2,1H3,(H,18,19). The molecular weight excluding hydrogens is 288 g/mol. The van der Waals surface area contributed by atoms with E-state index >= 15 is 0 Å². The molecule has 1 aliphatic rings. The van der Waals surface area contributed by atoms with Crippen LogP contribution < -0.4 is 0 Å². The smallest absolute Gasteiger partial charge is 0.324 e. The molecule has 0 amide bonds. The van der Waals surface area contributed by atoms with Crippen molar-refractivity contribution in [2.24, 2.45) is 0 Å². The maximum Gasteiger partial charge on any atom is 0.324 e. The van der Waals surface area contributed by atoms with E-state index in [4.69, 9.17) is 4.42 Å². The summed E-state index contributed by atoms with van der Waals surface area (Å²) in [5, 5.41) is 11.6. The number of rotatable bonds is 5. The fourth-order valence-electron chi connectivity index (χ4n) is 3.05. The molecule has 0 saturated carbocycles. The third-order valence-corrected chi connectivity index (χ3v) is 5.10. The summed E-state index contributed by atoms with van der Waals surface area (Å²) in [6, 6.07) is 3.92. The minimum Gasteiger partial charge on any atom is -0.480 e. The van der Waals surface area contributed by atoms with Crippen LogP contribution in [0.5, 0.6) is 0 Å². The summed E-state index contributed by atoms with van der Waals surface area (Å²) in [6.07, 6.45) is 3.86. The van der Waals surface area contributed by atoms with Crippen LogP contribution in [-0.2, 0) is 11.3 Å². The predicted octanol–water partition coefficient (Wildman–Crippen LogP) is 3.23. The first-order valence-corrected chi connectivity index (χ1v) is 8.00. The summed E-state index contributed by atoms with van der Waals surface area (Å²) in [5.41, 5.74) is 0.0431. The van der Waals surface area contributed by atoms with Gasteiger partial charge in [-0.05, 0) is 37.3 Å². The number of carboxylic acid groups (broad SMARTS) is 1. The number of hydrogen-bond acceptors (Lipinski definition) is 5. The van der Waals surface area contributed by atoms with Crippen LogP contribution >= 0.6 is 11.3 Å². The molecule has 3 rings (SSSR count). The van der Waals surface area contributed by atoms with E-state index in [1.54, 1.807) is 17.6 Å². The Morgan fingerprint density at radius 1 is 1.62 bits per heavy atom. The highest BCUT2D eigenvalue weighted by atomic mass is 32.1. The van der Waals surface area contributed by atoms with Crippen LogP contribution in [0.15, 0.2) is 28.2 Å². The second-order valence-corrected chi connectivity index (χ2v) is 6.28. The lowest BCUT2D eigenvalue weighted by Gasteiger charge is -2.33. The van der Waals surface area contributed by atoms with E-state index in [0.29, 0.717) is 25.3 Å². The van der Waals surface area contributed by atoms with Gasteiger partial charge in [0.2, 0.25) is 5.89 Å². The van der Waals surface area contributed by atoms with Gasteiger partial charge in [0.25, 0.3) is 0 Å². The zero-order valence-electron chi connectivity index (χ0n) is 11.9. The van der Waals surface area contributed by atoms with E-state index in [1.165, 1.54) is 0 Å². The molecule has 112 valence electrons. The van der Waals surface area contributed by atoms with Crippen molar-refractivity contribution in [1.82, 2.24) is 9.88 Å². The summed E-state index contributed by atoms with van der Waals surface area (Å²) in [5.74, 6) is -0.124. The normalized spacial score (nSPS) is 22.7. The van der Waals surface area contributed by atoms with Crippen LogP contribution in [-0.4, -0.2) is 33.0 Å². The van der Waals surface area contributed by atoms with Crippen LogP contribution in [0.4, 0.5) is 0 Å². The maximum atomic E-state index is 11.7. The van der Waals surface area contributed by atoms with Crippen molar-refractivity contribution >= 4 is 17.3 Å². The maximum absolute atomic E-state index is 11.7. The summed E-state index contributed by atoms with van der Waals surface area (Å²) in [6.45, 7) is 3.25. The highest BCUT2D eigenvalue weighted by Gasteiger charge is 2.46. The quantitative estimate of drug-likeness (QED) is 0.918. The van der Waals surface area contributed by atoms with Crippen molar-refractivity contribution in [3.8, 4) is 10.8 Å². The molecule has 1 saturated heterocycles. The SMILES string of the molecule is CCC1(C(=O)O)CCCN1Cc1coc(-c2cccs2)n1. The molecule has 1 unspecified atom stereocenters. The van der Waals surface area contributed by atoms with Crippen molar-refractivity contribution in [3.63, 3.8) is 0 Å². The Bertz CT molecular complexity index is 623. The van der Waals surface area contributed by atoms with Crippen LogP contribution in [0.25, 0.3) is 10.8 Å². The van der Waals surface area contributed by atoms with Gasteiger partial charge in [-0.15, -0.1) is 11.3 Å². The zero-order chi connectivity index (χ0) is 14.9. The van der Waals surface area contributed by atoms with E-state index in [9.17, 15) is 9.90 Å². The number of oxazole rings is 1. The van der Waals surface area contributed by atoms with E-state index < -0.39 is 11.5 Å². The lowest BCUT2D eigenvalue weighted by Crippen LogP contribution is -2.49. The van der Waals surface area contributed by atoms with Gasteiger partial charge in [-0.3, -0.25) is 9.69 Å². The molecule has 3 heterocycles. The minimum absolute atomic E-state index is 0.523. The van der Waals surface area contributed by atoms with Gasteiger partial charge in [-0.1, -0.05) is 13.0 Å². The highest BCUT2D eigenvalue weighted by Crippen LogP contribution is 2.34. The van der Waals surface area contributed by atoms with E-state index in [2.05, 4.69) is 4.98 Å². The number of aromatic nitrogens is 1. The first kappa shape index (κ1) is 14.3. The Balaban J connectivity index is 1.79. The Hall–Kier alpha value is -1.66. The number of likely N-dealkylation sites (tertiary alicyclic amines) is 1. The highest BCUT2D eigenvalue weighted by molar-refractivity contribution is 7.13. The van der Waals surface area contributed by atoms with Gasteiger partial charge < -0.3 is 9.52 Å². The first-order chi connectivity index (χ1) is 10.2. The fraction of sp³-hybridized carbons (Fsp3) is 0.467. The van der Waals surface area contributed by atoms with Gasteiger partial charge in [-0.2, -0.15) is 0 Å². The first-order valence-electron chi connectivity index (χ1n) is 7.12. The molecule has 0 spiro atoms. The number of carboxylic acids is 1. The summed E-state index contributed by atoms with van der Waals surface area (Å²) < 4.78 is 5.51. The third kappa shape index (κ3) is 2.49. The molecule has 5 nitrogen and oxygen atoms in total. The molecule has 1 N–H and O–H groups in total. The molecule has 2 aromatic heterocycles. The number of carbonyl (C=O) groups is 1. The lowest BCUT2D eigenvalue weighted by atomic mass is 9.93. The molecule has 1 aliphatic heterocycles. The van der Waals surface area contributed by atoms with Crippen molar-refractivity contribution in [2.45, 2.75) is 38.3 Å². The molecule has 0 radical (unpaired) electrons. The van der Waals surface area contributed by atoms with Gasteiger partial charge in [0.05, 0.1) is 10.6 Å². The molecule has 0 aliphatic carbocycles. The summed E-state index contributed by atoms with van der Waals surface area (Å²) >= 11 is 1.58. The fourth-order valence-corrected chi connectivity index (χ4v) is 3.70. The Morgan fingerprint density at radius 3 is 3.14 bits per heavy atom. The average Bonchev–Trinajstić information content (AvgIpc) is 3.19. The van der Waals surface area contributed by atoms with Crippen molar-refractivity contribution in [1.29, 1.82) is 0 Å². The van der Waals surface area contributed by atoms with Crippen LogP contribution in [0.3, 0.4) is 0 Å². The minimum atomic E-state index is -0.748. The molecule has 0 bridgehead atoms. The molecule has 1 atom stereocenters. The third-order valence-electron chi connectivity index (χ3n) is 4.24. The predicted molar refractivity (Wildman–Crippen MR) is 80.1 cm³/mol. The Labute approximate surface area is 127 Å². The topological polar surface area (TPSA) is 66.6 Å². The molecule has 1 fully saturated rings. The van der Waals surface area contributed by atoms with E-state index in [0.717, 1.165) is 23.5 Å². The molecule has 6 heteroatoms. The number of aliphatic carboxylic acids is 1. The van der Waals surface area contributed by atoms with Gasteiger partial charge in [0, 0.05) is 6.54 Å². The number of hydrogen-bond donors (Lipinski definition) is 1. The van der Waals surface area contributed by atoms with Crippen LogP contribution in [0.2, 0.25) is 0 Å². The van der Waals surface area contributed by atoms with Gasteiger partial charge >= 0.3 is 5.97 Å². The Morgan fingerprint density at radius 2 is 2.48 bits per heavy atom. The second-order valence-electron chi connectivity index (χ2n) is 5.34. The summed E-state index contributed by atoms with van der Waals surface area (Å²) in [7, 11) is 0.